The standard InChI is InChI=1S/C21H25F2N3O3/c1-12-11-26(9-7-15(12)13-2-5-16(22)17(23)10-13)18(27)6-8-21(14-3-4-14)19(28)24-20(29)25-21/h2,5,10,12,14-15H,3-4,6-9,11H2,1H3,(H2,24,25,28,29)/t12-,15+,21?/m0/s1. The third kappa shape index (κ3) is 3.72. The summed E-state index contributed by atoms with van der Waals surface area (Å²) in [7, 11) is 0. The molecule has 2 aliphatic heterocycles. The molecular formula is C21H25F2N3O3. The predicted octanol–water partition coefficient (Wildman–Crippen LogP) is 2.69. The molecule has 0 bridgehead atoms. The molecule has 0 radical (unpaired) electrons. The highest BCUT2D eigenvalue weighted by atomic mass is 19.2. The number of nitrogens with one attached hydrogen (secondary N) is 2. The van der Waals surface area contributed by atoms with E-state index in [-0.39, 0.29) is 36.0 Å². The van der Waals surface area contributed by atoms with Crippen LogP contribution in [0.4, 0.5) is 13.6 Å². The molecule has 0 aromatic heterocycles. The Bertz CT molecular complexity index is 858. The molecule has 8 heteroatoms. The second-order valence-electron chi connectivity index (χ2n) is 8.54. The molecule has 156 valence electrons. The Morgan fingerprint density at radius 1 is 1.21 bits per heavy atom. The van der Waals surface area contributed by atoms with Crippen molar-refractivity contribution in [3.63, 3.8) is 0 Å². The topological polar surface area (TPSA) is 78.5 Å². The maximum atomic E-state index is 13.6. The lowest BCUT2D eigenvalue weighted by Gasteiger charge is -2.38. The maximum Gasteiger partial charge on any atom is 0.322 e. The summed E-state index contributed by atoms with van der Waals surface area (Å²) in [5.41, 5.74) is -0.205. The number of likely N-dealkylation sites (tertiary alicyclic amines) is 1. The molecule has 1 aromatic rings. The number of carbonyl (C=O) groups excluding carboxylic acids is 3. The molecular weight excluding hydrogens is 380 g/mol. The van der Waals surface area contributed by atoms with Gasteiger partial charge >= 0.3 is 6.03 Å². The molecule has 0 spiro atoms. The van der Waals surface area contributed by atoms with Crippen molar-refractivity contribution in [2.24, 2.45) is 11.8 Å². The summed E-state index contributed by atoms with van der Waals surface area (Å²) in [4.78, 5) is 38.5. The quantitative estimate of drug-likeness (QED) is 0.740. The van der Waals surface area contributed by atoms with Gasteiger partial charge in [0.05, 0.1) is 0 Å². The molecule has 3 fully saturated rings. The second kappa shape index (κ2) is 7.39. The fraction of sp³-hybridized carbons (Fsp3) is 0.571. The van der Waals surface area contributed by atoms with Gasteiger partial charge in [-0.1, -0.05) is 13.0 Å². The van der Waals surface area contributed by atoms with Gasteiger partial charge in [-0.15, -0.1) is 0 Å². The summed E-state index contributed by atoms with van der Waals surface area (Å²) >= 11 is 0. The lowest BCUT2D eigenvalue weighted by atomic mass is 9.81. The molecule has 3 aliphatic rings. The number of urea groups is 1. The first-order valence-corrected chi connectivity index (χ1v) is 10.2. The number of nitrogens with zero attached hydrogens (tertiary/aromatic N) is 1. The number of benzene rings is 1. The fourth-order valence-corrected chi connectivity index (χ4v) is 4.82. The number of halogens is 2. The lowest BCUT2D eigenvalue weighted by Crippen LogP contribution is -2.50. The van der Waals surface area contributed by atoms with Crippen LogP contribution in [0.1, 0.15) is 50.5 Å². The van der Waals surface area contributed by atoms with Crippen molar-refractivity contribution in [3.05, 3.63) is 35.4 Å². The van der Waals surface area contributed by atoms with Crippen LogP contribution >= 0.6 is 0 Å². The Kier molecular flexibility index (Phi) is 5.04. The van der Waals surface area contributed by atoms with Gasteiger partial charge in [0.2, 0.25) is 5.91 Å². The van der Waals surface area contributed by atoms with Gasteiger partial charge in [0, 0.05) is 19.5 Å². The molecule has 1 saturated carbocycles. The van der Waals surface area contributed by atoms with E-state index in [1.807, 2.05) is 6.92 Å². The Balaban J connectivity index is 1.36. The van der Waals surface area contributed by atoms with Crippen LogP contribution in [0.5, 0.6) is 0 Å². The van der Waals surface area contributed by atoms with E-state index in [0.29, 0.717) is 25.9 Å². The molecule has 2 N–H and O–H groups in total. The average molecular weight is 405 g/mol. The first-order valence-electron chi connectivity index (χ1n) is 10.2. The monoisotopic (exact) mass is 405 g/mol. The van der Waals surface area contributed by atoms with E-state index in [9.17, 15) is 23.2 Å². The lowest BCUT2D eigenvalue weighted by molar-refractivity contribution is -0.134. The number of piperidine rings is 1. The van der Waals surface area contributed by atoms with Gasteiger partial charge in [-0.2, -0.15) is 0 Å². The SMILES string of the molecule is C[C@H]1CN(C(=O)CCC2(C3CC3)NC(=O)NC2=O)CC[C@H]1c1ccc(F)c(F)c1. The third-order valence-electron chi connectivity index (χ3n) is 6.61. The van der Waals surface area contributed by atoms with Crippen LogP contribution in [-0.4, -0.2) is 41.4 Å². The third-order valence-corrected chi connectivity index (χ3v) is 6.61. The van der Waals surface area contributed by atoms with Crippen molar-refractivity contribution >= 4 is 17.8 Å². The summed E-state index contributed by atoms with van der Waals surface area (Å²) in [5.74, 6) is -1.83. The van der Waals surface area contributed by atoms with Gasteiger partial charge in [0.1, 0.15) is 5.54 Å². The zero-order chi connectivity index (χ0) is 20.8. The molecule has 4 amide bonds. The molecule has 4 rings (SSSR count). The molecule has 1 aromatic carbocycles. The molecule has 2 saturated heterocycles. The van der Waals surface area contributed by atoms with Crippen LogP contribution in [0.25, 0.3) is 0 Å². The minimum Gasteiger partial charge on any atom is -0.342 e. The van der Waals surface area contributed by atoms with Gasteiger partial charge in [0.15, 0.2) is 11.6 Å². The van der Waals surface area contributed by atoms with E-state index < -0.39 is 23.2 Å². The van der Waals surface area contributed by atoms with Crippen molar-refractivity contribution in [1.82, 2.24) is 15.5 Å². The van der Waals surface area contributed by atoms with Gasteiger partial charge < -0.3 is 10.2 Å². The number of carbonyl (C=O) groups is 3. The largest absolute Gasteiger partial charge is 0.342 e. The number of rotatable bonds is 5. The normalized spacial score (nSPS) is 29.6. The van der Waals surface area contributed by atoms with E-state index in [4.69, 9.17) is 0 Å². The van der Waals surface area contributed by atoms with Crippen molar-refractivity contribution in [1.29, 1.82) is 0 Å². The average Bonchev–Trinajstić information content (AvgIpc) is 3.48. The van der Waals surface area contributed by atoms with Crippen LogP contribution in [0.3, 0.4) is 0 Å². The highest BCUT2D eigenvalue weighted by Crippen LogP contribution is 2.44. The highest BCUT2D eigenvalue weighted by molar-refractivity contribution is 6.07. The van der Waals surface area contributed by atoms with Crippen molar-refractivity contribution in [2.45, 2.75) is 50.5 Å². The van der Waals surface area contributed by atoms with E-state index >= 15 is 0 Å². The van der Waals surface area contributed by atoms with E-state index in [1.54, 1.807) is 11.0 Å². The zero-order valence-electron chi connectivity index (χ0n) is 16.3. The minimum atomic E-state index is -0.956. The number of amides is 4. The number of imide groups is 1. The van der Waals surface area contributed by atoms with Crippen LogP contribution in [0, 0.1) is 23.5 Å². The van der Waals surface area contributed by atoms with Crippen LogP contribution in [0.2, 0.25) is 0 Å². The van der Waals surface area contributed by atoms with Gasteiger partial charge in [-0.05, 0) is 61.1 Å². The van der Waals surface area contributed by atoms with Crippen LogP contribution in [0.15, 0.2) is 18.2 Å². The van der Waals surface area contributed by atoms with E-state index in [2.05, 4.69) is 10.6 Å². The fourth-order valence-electron chi connectivity index (χ4n) is 4.82. The Morgan fingerprint density at radius 2 is 1.97 bits per heavy atom. The summed E-state index contributed by atoms with van der Waals surface area (Å²) in [6.07, 6.45) is 2.90. The Labute approximate surface area is 168 Å². The summed E-state index contributed by atoms with van der Waals surface area (Å²) < 4.78 is 26.8. The van der Waals surface area contributed by atoms with Crippen molar-refractivity contribution < 1.29 is 23.2 Å². The summed E-state index contributed by atoms with van der Waals surface area (Å²) in [6.45, 7) is 3.06. The number of hydrogen-bond acceptors (Lipinski definition) is 3. The molecule has 1 aliphatic carbocycles. The molecule has 2 heterocycles. The van der Waals surface area contributed by atoms with Gasteiger partial charge in [-0.3, -0.25) is 14.9 Å². The molecule has 1 unspecified atom stereocenters. The predicted molar refractivity (Wildman–Crippen MR) is 101 cm³/mol. The highest BCUT2D eigenvalue weighted by Gasteiger charge is 2.55. The Hall–Kier alpha value is -2.51. The van der Waals surface area contributed by atoms with E-state index in [0.717, 1.165) is 24.5 Å². The summed E-state index contributed by atoms with van der Waals surface area (Å²) in [6, 6.07) is 3.51. The molecule has 29 heavy (non-hydrogen) atoms. The van der Waals surface area contributed by atoms with Crippen LogP contribution in [-0.2, 0) is 9.59 Å². The second-order valence-corrected chi connectivity index (χ2v) is 8.54. The zero-order valence-corrected chi connectivity index (χ0v) is 16.3. The van der Waals surface area contributed by atoms with Crippen molar-refractivity contribution in [2.75, 3.05) is 13.1 Å². The van der Waals surface area contributed by atoms with Crippen LogP contribution < -0.4 is 10.6 Å². The molecule has 3 atom stereocenters. The summed E-state index contributed by atoms with van der Waals surface area (Å²) in [5, 5.41) is 5.05. The number of hydrogen-bond donors (Lipinski definition) is 2. The first-order chi connectivity index (χ1) is 13.8. The van der Waals surface area contributed by atoms with Gasteiger partial charge in [0.25, 0.3) is 5.91 Å². The first kappa shape index (κ1) is 19.8. The minimum absolute atomic E-state index is 0.0467. The Morgan fingerprint density at radius 3 is 2.55 bits per heavy atom. The maximum absolute atomic E-state index is 13.6. The smallest absolute Gasteiger partial charge is 0.322 e. The molecule has 6 nitrogen and oxygen atoms in total. The van der Waals surface area contributed by atoms with Gasteiger partial charge in [-0.25, -0.2) is 13.6 Å². The van der Waals surface area contributed by atoms with Crippen molar-refractivity contribution in [3.8, 4) is 0 Å². The van der Waals surface area contributed by atoms with E-state index in [1.165, 1.54) is 6.07 Å².